The molecule has 5 rings (SSSR count). The molecule has 1 aliphatic rings. The minimum Gasteiger partial charge on any atom is -0.459 e. The number of benzene rings is 2. The summed E-state index contributed by atoms with van der Waals surface area (Å²) in [7, 11) is 0. The van der Waals surface area contributed by atoms with Crippen LogP contribution in [0.1, 0.15) is 43.7 Å². The summed E-state index contributed by atoms with van der Waals surface area (Å²) in [4.78, 5) is 42.8. The van der Waals surface area contributed by atoms with Crippen molar-refractivity contribution in [1.82, 2.24) is 4.57 Å². The van der Waals surface area contributed by atoms with Crippen LogP contribution in [0, 0.1) is 17.0 Å². The van der Waals surface area contributed by atoms with Crippen LogP contribution in [-0.4, -0.2) is 21.6 Å². The number of thiazole rings is 1. The summed E-state index contributed by atoms with van der Waals surface area (Å²) in [5.41, 5.74) is 2.42. The average Bonchev–Trinajstić information content (AvgIpc) is 3.47. The Kier molecular flexibility index (Phi) is 7.31. The maximum atomic E-state index is 13.8. The monoisotopic (exact) mass is 577 g/mol. The van der Waals surface area contributed by atoms with Gasteiger partial charge in [-0.2, -0.15) is 0 Å². The molecule has 3 heterocycles. The first-order chi connectivity index (χ1) is 19.0. The molecule has 0 amide bonds. The average molecular weight is 578 g/mol. The van der Waals surface area contributed by atoms with Crippen LogP contribution in [0.5, 0.6) is 0 Å². The number of hydrogen-bond acceptors (Lipinski definition) is 8. The number of aryl methyl sites for hydroxylation is 1. The number of carbonyl (C=O) groups excluding carboxylic acids is 1. The van der Waals surface area contributed by atoms with Gasteiger partial charge in [-0.15, -0.1) is 0 Å². The van der Waals surface area contributed by atoms with Gasteiger partial charge in [0.1, 0.15) is 11.5 Å². The van der Waals surface area contributed by atoms with Crippen LogP contribution in [0.2, 0.25) is 5.02 Å². The van der Waals surface area contributed by atoms with E-state index >= 15 is 0 Å². The third-order valence-electron chi connectivity index (χ3n) is 6.37. The van der Waals surface area contributed by atoms with Crippen LogP contribution in [0.4, 0.5) is 5.69 Å². The van der Waals surface area contributed by atoms with Crippen molar-refractivity contribution < 1.29 is 18.9 Å². The SMILES string of the molecule is CC1=C(C(=O)OC(C)C)C(c2ccc(Cl)cc2)n2c(s/c(=C/c3ccc(-c4cc([N+](=O)[O-])ccc4C)o3)c2=O)=N1. The zero-order valence-electron chi connectivity index (χ0n) is 22.0. The van der Waals surface area contributed by atoms with E-state index in [2.05, 4.69) is 4.99 Å². The molecule has 9 nitrogen and oxygen atoms in total. The number of halogens is 1. The number of hydrogen-bond donors (Lipinski definition) is 0. The first kappa shape index (κ1) is 27.3. The summed E-state index contributed by atoms with van der Waals surface area (Å²) < 4.78 is 13.3. The molecule has 0 saturated carbocycles. The summed E-state index contributed by atoms with van der Waals surface area (Å²) in [5.74, 6) is 0.284. The Hall–Kier alpha value is -4.28. The first-order valence-corrected chi connectivity index (χ1v) is 13.6. The molecule has 11 heteroatoms. The number of esters is 1. The Morgan fingerprint density at radius 1 is 1.18 bits per heavy atom. The number of nitro groups is 1. The van der Waals surface area contributed by atoms with Crippen molar-refractivity contribution in [2.75, 3.05) is 0 Å². The molecule has 1 atom stereocenters. The molecule has 204 valence electrons. The smallest absolute Gasteiger partial charge is 0.338 e. The predicted molar refractivity (Wildman–Crippen MR) is 152 cm³/mol. The second-order valence-corrected chi connectivity index (χ2v) is 11.0. The zero-order valence-corrected chi connectivity index (χ0v) is 23.6. The topological polar surface area (TPSA) is 117 Å². The van der Waals surface area contributed by atoms with Crippen LogP contribution in [0.15, 0.2) is 80.1 Å². The van der Waals surface area contributed by atoms with Gasteiger partial charge in [0.25, 0.3) is 11.2 Å². The first-order valence-electron chi connectivity index (χ1n) is 12.4. The van der Waals surface area contributed by atoms with Gasteiger partial charge < -0.3 is 9.15 Å². The van der Waals surface area contributed by atoms with E-state index in [1.54, 1.807) is 69.3 Å². The third kappa shape index (κ3) is 5.15. The van der Waals surface area contributed by atoms with Gasteiger partial charge in [-0.05, 0) is 63.1 Å². The van der Waals surface area contributed by atoms with Crippen LogP contribution < -0.4 is 14.9 Å². The number of rotatable bonds is 6. The van der Waals surface area contributed by atoms with Crippen LogP contribution in [-0.2, 0) is 9.53 Å². The number of carbonyl (C=O) groups is 1. The van der Waals surface area contributed by atoms with Crippen molar-refractivity contribution in [3.8, 4) is 11.3 Å². The fourth-order valence-corrected chi connectivity index (χ4v) is 5.67. The molecule has 0 aliphatic carbocycles. The highest BCUT2D eigenvalue weighted by Crippen LogP contribution is 2.32. The number of furan rings is 1. The molecule has 4 aromatic rings. The maximum absolute atomic E-state index is 13.8. The fraction of sp³-hybridized carbons (Fsp3) is 0.207. The van der Waals surface area contributed by atoms with Crippen molar-refractivity contribution in [3.05, 3.63) is 118 Å². The molecular weight excluding hydrogens is 554 g/mol. The molecule has 0 spiro atoms. The van der Waals surface area contributed by atoms with Crippen molar-refractivity contribution in [2.24, 2.45) is 4.99 Å². The number of ether oxygens (including phenoxy) is 1. The van der Waals surface area contributed by atoms with E-state index in [9.17, 15) is 19.7 Å². The van der Waals surface area contributed by atoms with Crippen molar-refractivity contribution in [1.29, 1.82) is 0 Å². The maximum Gasteiger partial charge on any atom is 0.338 e. The molecule has 40 heavy (non-hydrogen) atoms. The van der Waals surface area contributed by atoms with Gasteiger partial charge in [-0.1, -0.05) is 41.1 Å². The number of fused-ring (bicyclic) bond motifs is 1. The number of nitro benzene ring substituents is 1. The second-order valence-electron chi connectivity index (χ2n) is 9.55. The second kappa shape index (κ2) is 10.7. The normalized spacial score (nSPS) is 15.2. The molecule has 1 aliphatic heterocycles. The predicted octanol–water partition coefficient (Wildman–Crippen LogP) is 5.32. The minimum absolute atomic E-state index is 0.0452. The van der Waals surface area contributed by atoms with Gasteiger partial charge in [-0.25, -0.2) is 9.79 Å². The van der Waals surface area contributed by atoms with E-state index in [-0.39, 0.29) is 22.9 Å². The molecular formula is C29H24ClN3O6S. The highest BCUT2D eigenvalue weighted by Gasteiger charge is 2.33. The molecule has 0 radical (unpaired) electrons. The van der Waals surface area contributed by atoms with Crippen LogP contribution in [0.25, 0.3) is 17.4 Å². The Balaban J connectivity index is 1.62. The minimum atomic E-state index is -0.762. The number of aromatic nitrogens is 1. The summed E-state index contributed by atoms with van der Waals surface area (Å²) in [6.45, 7) is 7.07. The highest BCUT2D eigenvalue weighted by atomic mass is 35.5. The molecule has 0 fully saturated rings. The van der Waals surface area contributed by atoms with Crippen LogP contribution >= 0.6 is 22.9 Å². The van der Waals surface area contributed by atoms with Crippen molar-refractivity contribution in [3.63, 3.8) is 0 Å². The molecule has 1 unspecified atom stereocenters. The quantitative estimate of drug-likeness (QED) is 0.174. The van der Waals surface area contributed by atoms with Gasteiger partial charge >= 0.3 is 5.97 Å². The number of non-ortho nitro benzene ring substituents is 1. The zero-order chi connectivity index (χ0) is 28.7. The van der Waals surface area contributed by atoms with E-state index in [0.29, 0.717) is 42.7 Å². The summed E-state index contributed by atoms with van der Waals surface area (Å²) >= 11 is 7.29. The Morgan fingerprint density at radius 2 is 1.90 bits per heavy atom. The van der Waals surface area contributed by atoms with Gasteiger partial charge in [0.05, 0.1) is 32.9 Å². The van der Waals surface area contributed by atoms with Gasteiger partial charge in [-0.3, -0.25) is 19.5 Å². The van der Waals surface area contributed by atoms with E-state index < -0.39 is 16.9 Å². The summed E-state index contributed by atoms with van der Waals surface area (Å²) in [6, 6.07) is 14.1. The Labute approximate surface area is 237 Å². The molecule has 0 bridgehead atoms. The largest absolute Gasteiger partial charge is 0.459 e. The lowest BCUT2D eigenvalue weighted by Gasteiger charge is -2.25. The number of allylic oxidation sites excluding steroid dienone is 1. The van der Waals surface area contributed by atoms with Crippen molar-refractivity contribution >= 4 is 40.7 Å². The van der Waals surface area contributed by atoms with E-state index in [4.69, 9.17) is 20.8 Å². The fourth-order valence-electron chi connectivity index (χ4n) is 4.51. The lowest BCUT2D eigenvalue weighted by atomic mass is 9.96. The lowest BCUT2D eigenvalue weighted by Crippen LogP contribution is -2.40. The molecule has 2 aromatic carbocycles. The van der Waals surface area contributed by atoms with Crippen molar-refractivity contribution in [2.45, 2.75) is 39.8 Å². The molecule has 0 saturated heterocycles. The van der Waals surface area contributed by atoms with E-state index in [0.717, 1.165) is 5.56 Å². The number of nitrogens with zero attached hydrogens (tertiary/aromatic N) is 3. The van der Waals surface area contributed by atoms with E-state index in [1.165, 1.54) is 28.0 Å². The highest BCUT2D eigenvalue weighted by molar-refractivity contribution is 7.07. The summed E-state index contributed by atoms with van der Waals surface area (Å²) in [5, 5.41) is 11.8. The molecule has 0 N–H and O–H groups in total. The van der Waals surface area contributed by atoms with Crippen LogP contribution in [0.3, 0.4) is 0 Å². The van der Waals surface area contributed by atoms with E-state index in [1.807, 2.05) is 6.92 Å². The molecule has 2 aromatic heterocycles. The van der Waals surface area contributed by atoms with Gasteiger partial charge in [0, 0.05) is 28.8 Å². The van der Waals surface area contributed by atoms with Gasteiger partial charge in [0.15, 0.2) is 4.80 Å². The summed E-state index contributed by atoms with van der Waals surface area (Å²) in [6.07, 6.45) is 1.25. The Bertz CT molecular complexity index is 1860. The lowest BCUT2D eigenvalue weighted by molar-refractivity contribution is -0.384. The standard InChI is InChI=1S/C29H24ClN3O6S/c1-15(2)38-28(35)25-17(4)31-29-32(26(25)18-6-8-19(30)9-7-18)27(34)24(40-29)14-21-11-12-23(39-21)22-13-20(33(36)37)10-5-16(22)3/h5-15,26H,1-4H3/b24-14+. The Morgan fingerprint density at radius 3 is 2.58 bits per heavy atom. The van der Waals surface area contributed by atoms with Gasteiger partial charge in [0.2, 0.25) is 0 Å². The third-order valence-corrected chi connectivity index (χ3v) is 7.60.